The molecule has 21 nitrogen and oxygen atoms in total. The van der Waals surface area contributed by atoms with E-state index in [1.165, 1.54) is 24.3 Å². The van der Waals surface area contributed by atoms with Crippen molar-refractivity contribution >= 4 is 75.6 Å². The number of amides is 2. The Morgan fingerprint density at radius 3 is 1.87 bits per heavy atom. The van der Waals surface area contributed by atoms with Crippen LogP contribution in [-0.2, 0) is 22.4 Å². The van der Waals surface area contributed by atoms with Crippen LogP contribution in [-0.4, -0.2) is 59.5 Å². The van der Waals surface area contributed by atoms with Gasteiger partial charge >= 0.3 is 17.6 Å². The Labute approximate surface area is 373 Å². The van der Waals surface area contributed by atoms with Crippen LogP contribution in [0.15, 0.2) is 48.5 Å². The molecule has 0 aliphatic heterocycles. The molecule has 5 N–H and O–H groups in total. The number of hydrogen-bond acceptors (Lipinski definition) is 15. The molecule has 2 aliphatic carbocycles. The third-order valence-electron chi connectivity index (χ3n) is 9.46. The van der Waals surface area contributed by atoms with Gasteiger partial charge in [0.2, 0.25) is 17.5 Å². The zero-order chi connectivity index (χ0) is 45.7. The monoisotopic (exact) mass is 938 g/mol. The Balaban J connectivity index is 0.000000210. The van der Waals surface area contributed by atoms with Crippen LogP contribution in [0.5, 0.6) is 23.3 Å². The number of nitrogens with zero attached hydrogens (tertiary/aromatic N) is 7. The molecule has 324 valence electrons. The molecular formula is C38H30Cl4N12O9. The van der Waals surface area contributed by atoms with Crippen molar-refractivity contribution in [3.05, 3.63) is 120 Å². The Bertz CT molecular complexity index is 3000. The van der Waals surface area contributed by atoms with E-state index in [2.05, 4.69) is 45.6 Å². The van der Waals surface area contributed by atoms with Gasteiger partial charge < -0.3 is 19.1 Å². The van der Waals surface area contributed by atoms with Crippen LogP contribution < -0.4 is 42.6 Å². The molecule has 3 aromatic heterocycles. The SMILES string of the molecule is CCOC(=O)NC(=O)/C(C#N)=N/Nc1cc(Cl)c(Oc2n[nH]c(=O)c3c2CCC3C)c(Cl)c1.[C-]#[N+]c1nn(-c2cc(Cl)c(Oc3n[nH]c(=O)c4c3CCC4C)c(Cl)c2)c(=O)[nH]c1=O. The summed E-state index contributed by atoms with van der Waals surface area (Å²) in [6.45, 7) is 12.5. The summed E-state index contributed by atoms with van der Waals surface area (Å²) in [5, 5.41) is 31.4. The fourth-order valence-electron chi connectivity index (χ4n) is 6.56. The number of imide groups is 1. The Hall–Kier alpha value is -7.04. The van der Waals surface area contributed by atoms with Crippen molar-refractivity contribution in [2.45, 2.75) is 58.3 Å². The number of anilines is 1. The lowest BCUT2D eigenvalue weighted by Gasteiger charge is -2.13. The number of alkyl carbamates (subject to hydrolysis) is 1. The second-order valence-electron chi connectivity index (χ2n) is 13.6. The zero-order valence-electron chi connectivity index (χ0n) is 32.8. The molecule has 2 aliphatic rings. The van der Waals surface area contributed by atoms with Gasteiger partial charge in [0.1, 0.15) is 6.07 Å². The van der Waals surface area contributed by atoms with E-state index in [1.54, 1.807) is 13.0 Å². The highest BCUT2D eigenvalue weighted by atomic mass is 35.5. The highest BCUT2D eigenvalue weighted by molar-refractivity contribution is 6.47. The number of hydrazone groups is 1. The topological polar surface area (TPSA) is 286 Å². The van der Waals surface area contributed by atoms with Crippen molar-refractivity contribution in [1.29, 1.82) is 5.26 Å². The van der Waals surface area contributed by atoms with Crippen LogP contribution in [0.4, 0.5) is 16.3 Å². The molecule has 2 aromatic carbocycles. The standard InChI is InChI=1S/C20H18Cl2N6O5.C18H12Cl2N6O4/c1-3-32-20(31)24-17(29)14(8-23)26-25-10-6-12(21)16(13(22)7-10)33-19-11-5-4-9(2)15(11)18(30)27-28-19;1-7-3-4-9-12(7)15(27)23-24-17(9)30-13-10(19)5-8(6-11(13)20)26-18(29)22-16(28)14(21-2)25-26/h6-7,9,25H,3-5H2,1-2H3,(H,27,30)(H,24,29,31);5-7H,3-4H2,1H3,(H,23,27)(H,22,28,29)/b26-14+;. The van der Waals surface area contributed by atoms with Crippen molar-refractivity contribution < 1.29 is 23.8 Å². The molecule has 2 amide bonds. The van der Waals surface area contributed by atoms with Crippen LogP contribution in [0.1, 0.15) is 67.7 Å². The Kier molecular flexibility index (Phi) is 14.0. The van der Waals surface area contributed by atoms with Gasteiger partial charge in [0.15, 0.2) is 11.5 Å². The van der Waals surface area contributed by atoms with Crippen molar-refractivity contribution in [2.24, 2.45) is 5.10 Å². The molecule has 63 heavy (non-hydrogen) atoms. The zero-order valence-corrected chi connectivity index (χ0v) is 35.8. The number of aromatic nitrogens is 7. The van der Waals surface area contributed by atoms with Gasteiger partial charge in [-0.1, -0.05) is 66.8 Å². The first-order valence-electron chi connectivity index (χ1n) is 18.4. The van der Waals surface area contributed by atoms with Crippen molar-refractivity contribution in [2.75, 3.05) is 12.0 Å². The number of benzene rings is 2. The Morgan fingerprint density at radius 2 is 1.40 bits per heavy atom. The first kappa shape index (κ1) is 45.5. The summed E-state index contributed by atoms with van der Waals surface area (Å²) in [6.07, 6.45) is 1.86. The number of hydrogen-bond donors (Lipinski definition) is 5. The van der Waals surface area contributed by atoms with Gasteiger partial charge in [0.05, 0.1) is 38.1 Å². The van der Waals surface area contributed by atoms with Crippen LogP contribution in [0, 0.1) is 17.9 Å². The number of halogens is 4. The van der Waals surface area contributed by atoms with Crippen molar-refractivity contribution in [1.82, 2.24) is 40.5 Å². The fourth-order valence-corrected chi connectivity index (χ4v) is 7.67. The number of aromatic amines is 3. The summed E-state index contributed by atoms with van der Waals surface area (Å²) in [5.74, 6) is -0.811. The van der Waals surface area contributed by atoms with Gasteiger partial charge in [-0.2, -0.15) is 10.4 Å². The predicted octanol–water partition coefficient (Wildman–Crippen LogP) is 6.19. The van der Waals surface area contributed by atoms with Crippen LogP contribution >= 0.6 is 46.4 Å². The van der Waals surface area contributed by atoms with Crippen LogP contribution in [0.25, 0.3) is 10.5 Å². The van der Waals surface area contributed by atoms with Gasteiger partial charge in [-0.05, 0) is 73.8 Å². The number of nitrogens with one attached hydrogen (secondary N) is 5. The summed E-state index contributed by atoms with van der Waals surface area (Å²) >= 11 is 25.3. The number of ether oxygens (including phenoxy) is 3. The molecule has 3 heterocycles. The number of fused-ring (bicyclic) bond motifs is 2. The maximum atomic E-state index is 12.1. The van der Waals surface area contributed by atoms with Gasteiger partial charge in [-0.3, -0.25) is 34.9 Å². The highest BCUT2D eigenvalue weighted by Crippen LogP contribution is 2.43. The minimum absolute atomic E-state index is 0.0366. The number of nitriles is 1. The third kappa shape index (κ3) is 9.87. The molecule has 0 spiro atoms. The summed E-state index contributed by atoms with van der Waals surface area (Å²) in [7, 11) is 0. The number of rotatable bonds is 9. The quantitative estimate of drug-likeness (QED) is 0.0626. The third-order valence-corrected chi connectivity index (χ3v) is 10.6. The minimum atomic E-state index is -1.05. The summed E-state index contributed by atoms with van der Waals surface area (Å²) in [4.78, 5) is 75.9. The molecule has 2 atom stereocenters. The van der Waals surface area contributed by atoms with E-state index in [1.807, 2.05) is 24.1 Å². The molecule has 0 bridgehead atoms. The summed E-state index contributed by atoms with van der Waals surface area (Å²) < 4.78 is 17.0. The molecule has 0 saturated heterocycles. The molecular weight excluding hydrogens is 910 g/mol. The average Bonchev–Trinajstić information content (AvgIpc) is 3.83. The van der Waals surface area contributed by atoms with E-state index in [-0.39, 0.29) is 84.3 Å². The summed E-state index contributed by atoms with van der Waals surface area (Å²) in [6, 6.07) is 7.06. The smallest absolute Gasteiger partial charge is 0.414 e. The molecule has 5 aromatic rings. The van der Waals surface area contributed by atoms with Crippen molar-refractivity contribution in [3.8, 4) is 35.0 Å². The maximum Gasteiger partial charge on any atom is 0.414 e. The second-order valence-corrected chi connectivity index (χ2v) is 15.2. The number of carbonyl (C=O) groups excluding carboxylic acids is 2. The van der Waals surface area contributed by atoms with E-state index in [4.69, 9.17) is 67.7 Å². The van der Waals surface area contributed by atoms with Crippen molar-refractivity contribution in [3.63, 3.8) is 0 Å². The lowest BCUT2D eigenvalue weighted by Crippen LogP contribution is -2.36. The van der Waals surface area contributed by atoms with Gasteiger partial charge in [0, 0.05) is 22.3 Å². The first-order chi connectivity index (χ1) is 30.0. The van der Waals surface area contributed by atoms with E-state index in [0.717, 1.165) is 17.5 Å². The lowest BCUT2D eigenvalue weighted by molar-refractivity contribution is -0.114. The van der Waals surface area contributed by atoms with Crippen LogP contribution in [0.3, 0.4) is 0 Å². The molecule has 7 rings (SSSR count). The predicted molar refractivity (Wildman–Crippen MR) is 228 cm³/mol. The van der Waals surface area contributed by atoms with E-state index in [9.17, 15) is 28.8 Å². The minimum Gasteiger partial charge on any atom is -0.450 e. The molecule has 0 fully saturated rings. The first-order valence-corrected chi connectivity index (χ1v) is 20.0. The largest absolute Gasteiger partial charge is 0.450 e. The van der Waals surface area contributed by atoms with Crippen LogP contribution in [0.2, 0.25) is 20.1 Å². The maximum absolute atomic E-state index is 12.1. The summed E-state index contributed by atoms with van der Waals surface area (Å²) in [5.41, 5.74) is 2.60. The van der Waals surface area contributed by atoms with Gasteiger partial charge in [0.25, 0.3) is 22.6 Å². The lowest BCUT2D eigenvalue weighted by atomic mass is 10.1. The average molecular weight is 941 g/mol. The highest BCUT2D eigenvalue weighted by Gasteiger charge is 2.29. The fraction of sp³-hybridized carbons (Fsp3) is 0.263. The van der Waals surface area contributed by atoms with E-state index in [0.29, 0.717) is 35.1 Å². The Morgan fingerprint density at radius 1 is 0.889 bits per heavy atom. The number of H-pyrrole nitrogens is 3. The van der Waals surface area contributed by atoms with Gasteiger partial charge in [-0.15, -0.1) is 14.9 Å². The van der Waals surface area contributed by atoms with E-state index >= 15 is 0 Å². The van der Waals surface area contributed by atoms with Gasteiger partial charge in [-0.25, -0.2) is 19.8 Å². The number of carbonyl (C=O) groups is 2. The molecule has 2 unspecified atom stereocenters. The van der Waals surface area contributed by atoms with E-state index < -0.39 is 34.8 Å². The molecule has 0 radical (unpaired) electrons. The molecule has 25 heteroatoms. The molecule has 0 saturated carbocycles. The normalized spacial score (nSPS) is 14.8. The second kappa shape index (κ2) is 19.3.